The summed E-state index contributed by atoms with van der Waals surface area (Å²) >= 11 is 0. The maximum atomic E-state index is 14.0. The van der Waals surface area contributed by atoms with E-state index in [1.165, 1.54) is 46.6 Å². The Morgan fingerprint density at radius 1 is 1.12 bits per heavy atom. The number of likely N-dealkylation sites (N-methyl/N-ethyl adjacent to an activating group) is 1. The molecule has 1 fully saturated rings. The molecule has 1 aliphatic heterocycles. The molecule has 0 spiro atoms. The second-order valence-corrected chi connectivity index (χ2v) is 9.74. The molecule has 1 saturated heterocycles. The molecule has 0 atom stereocenters. The van der Waals surface area contributed by atoms with Gasteiger partial charge in [-0.25, -0.2) is 12.8 Å². The van der Waals surface area contributed by atoms with Crippen LogP contribution in [0, 0.1) is 5.82 Å². The highest BCUT2D eigenvalue weighted by Crippen LogP contribution is 2.27. The van der Waals surface area contributed by atoms with Crippen LogP contribution in [0.3, 0.4) is 0 Å². The summed E-state index contributed by atoms with van der Waals surface area (Å²) in [5.74, 6) is -1.69. The van der Waals surface area contributed by atoms with E-state index in [2.05, 4.69) is 0 Å². The zero-order valence-corrected chi connectivity index (χ0v) is 19.9. The van der Waals surface area contributed by atoms with Crippen molar-refractivity contribution in [1.82, 2.24) is 9.21 Å². The molecule has 0 saturated carbocycles. The fraction of sp³-hybridized carbons (Fsp3) is 0.391. The van der Waals surface area contributed by atoms with E-state index in [-0.39, 0.29) is 28.5 Å². The Bertz CT molecular complexity index is 1170. The predicted molar refractivity (Wildman–Crippen MR) is 122 cm³/mol. The number of methoxy groups -OCH3 is 1. The molecule has 0 radical (unpaired) electrons. The molecule has 2 aromatic carbocycles. The van der Waals surface area contributed by atoms with Gasteiger partial charge in [0.1, 0.15) is 5.75 Å². The van der Waals surface area contributed by atoms with Gasteiger partial charge in [-0.1, -0.05) is 6.07 Å². The number of benzene rings is 2. The number of hydrogen-bond donors (Lipinski definition) is 1. The molecule has 184 valence electrons. The van der Waals surface area contributed by atoms with E-state index in [1.807, 2.05) is 0 Å². The van der Waals surface area contributed by atoms with Gasteiger partial charge in [0.2, 0.25) is 10.0 Å². The third kappa shape index (κ3) is 5.65. The molecule has 11 heteroatoms. The summed E-state index contributed by atoms with van der Waals surface area (Å²) < 4.78 is 51.3. The summed E-state index contributed by atoms with van der Waals surface area (Å²) in [6.45, 7) is 2.69. The van der Waals surface area contributed by atoms with Crippen molar-refractivity contribution >= 4 is 21.8 Å². The van der Waals surface area contributed by atoms with Crippen molar-refractivity contribution in [1.29, 1.82) is 0 Å². The highest BCUT2D eigenvalue weighted by Gasteiger charge is 2.28. The molecule has 0 bridgehead atoms. The molecular formula is C23H28FN3O6S. The van der Waals surface area contributed by atoms with Crippen LogP contribution in [0.25, 0.3) is 0 Å². The summed E-state index contributed by atoms with van der Waals surface area (Å²) in [4.78, 5) is 26.1. The van der Waals surface area contributed by atoms with Crippen LogP contribution in [0.2, 0.25) is 0 Å². The molecule has 0 unspecified atom stereocenters. The van der Waals surface area contributed by atoms with Crippen LogP contribution >= 0.6 is 0 Å². The third-order valence-corrected chi connectivity index (χ3v) is 7.49. The van der Waals surface area contributed by atoms with Crippen LogP contribution in [0.15, 0.2) is 41.3 Å². The minimum Gasteiger partial charge on any atom is -0.494 e. The first-order valence-electron chi connectivity index (χ1n) is 10.8. The highest BCUT2D eigenvalue weighted by molar-refractivity contribution is 7.89. The van der Waals surface area contributed by atoms with Crippen molar-refractivity contribution in [2.75, 3.05) is 33.4 Å². The van der Waals surface area contributed by atoms with E-state index in [4.69, 9.17) is 15.2 Å². The van der Waals surface area contributed by atoms with Crippen LogP contribution in [0.4, 0.5) is 4.39 Å². The number of ether oxygens (including phenoxy) is 2. The standard InChI is InChI=1S/C23H28FN3O6S/c1-3-26(14-16-6-8-21(32-2)19(24)12-16)22(28)15-33-20-9-7-17(13-18(20)23(25)29)34(30,31)27-10-4-5-11-27/h6-9,12-13H,3-5,10-11,14-15H2,1-2H3,(H2,25,29). The van der Waals surface area contributed by atoms with Gasteiger partial charge in [0, 0.05) is 26.2 Å². The van der Waals surface area contributed by atoms with Crippen LogP contribution < -0.4 is 15.2 Å². The lowest BCUT2D eigenvalue weighted by molar-refractivity contribution is -0.133. The first-order valence-corrected chi connectivity index (χ1v) is 12.3. The van der Waals surface area contributed by atoms with Crippen molar-refractivity contribution in [3.63, 3.8) is 0 Å². The van der Waals surface area contributed by atoms with E-state index in [0.717, 1.165) is 12.8 Å². The van der Waals surface area contributed by atoms with E-state index in [9.17, 15) is 22.4 Å². The van der Waals surface area contributed by atoms with E-state index in [1.54, 1.807) is 13.0 Å². The smallest absolute Gasteiger partial charge is 0.260 e. The topological polar surface area (TPSA) is 119 Å². The van der Waals surface area contributed by atoms with Crippen molar-refractivity contribution in [3.8, 4) is 11.5 Å². The van der Waals surface area contributed by atoms with Crippen LogP contribution in [-0.4, -0.2) is 62.8 Å². The summed E-state index contributed by atoms with van der Waals surface area (Å²) in [6.07, 6.45) is 1.56. The fourth-order valence-electron chi connectivity index (χ4n) is 3.70. The number of rotatable bonds is 10. The van der Waals surface area contributed by atoms with Crippen molar-refractivity contribution < 1.29 is 31.9 Å². The fourth-order valence-corrected chi connectivity index (χ4v) is 5.25. The van der Waals surface area contributed by atoms with Crippen LogP contribution in [0.1, 0.15) is 35.7 Å². The molecule has 9 nitrogen and oxygen atoms in total. The van der Waals surface area contributed by atoms with Gasteiger partial charge in [0.25, 0.3) is 11.8 Å². The number of nitrogens with zero attached hydrogens (tertiary/aromatic N) is 2. The zero-order chi connectivity index (χ0) is 24.9. The Morgan fingerprint density at radius 2 is 1.79 bits per heavy atom. The molecular weight excluding hydrogens is 465 g/mol. The average Bonchev–Trinajstić information content (AvgIpc) is 3.37. The maximum Gasteiger partial charge on any atom is 0.260 e. The number of sulfonamides is 1. The molecule has 1 aliphatic rings. The SMILES string of the molecule is CCN(Cc1ccc(OC)c(F)c1)C(=O)COc1ccc(S(=O)(=O)N2CCCC2)cc1C(N)=O. The second-order valence-electron chi connectivity index (χ2n) is 7.80. The Hall–Kier alpha value is -3.18. The largest absolute Gasteiger partial charge is 0.494 e. The van der Waals surface area contributed by atoms with Crippen LogP contribution in [-0.2, 0) is 21.4 Å². The maximum absolute atomic E-state index is 14.0. The zero-order valence-electron chi connectivity index (χ0n) is 19.1. The summed E-state index contributed by atoms with van der Waals surface area (Å²) in [5.41, 5.74) is 5.88. The van der Waals surface area contributed by atoms with Gasteiger partial charge >= 0.3 is 0 Å². The number of carbonyl (C=O) groups is 2. The summed E-state index contributed by atoms with van der Waals surface area (Å²) in [6, 6.07) is 8.26. The highest BCUT2D eigenvalue weighted by atomic mass is 32.2. The quantitative estimate of drug-likeness (QED) is 0.542. The second kappa shape index (κ2) is 10.8. The number of halogens is 1. The minimum absolute atomic E-state index is 0.00719. The average molecular weight is 494 g/mol. The summed E-state index contributed by atoms with van der Waals surface area (Å²) in [7, 11) is -2.38. The lowest BCUT2D eigenvalue weighted by Crippen LogP contribution is -2.34. The number of nitrogens with two attached hydrogens (primary N) is 1. The molecule has 3 rings (SSSR count). The van der Waals surface area contributed by atoms with Gasteiger partial charge in [-0.05, 0) is 55.7 Å². The van der Waals surface area contributed by atoms with Crippen molar-refractivity contribution in [2.45, 2.75) is 31.2 Å². The number of amides is 2. The monoisotopic (exact) mass is 493 g/mol. The first kappa shape index (κ1) is 25.4. The Morgan fingerprint density at radius 3 is 2.38 bits per heavy atom. The van der Waals surface area contributed by atoms with Gasteiger partial charge in [-0.2, -0.15) is 4.31 Å². The molecule has 1 heterocycles. The summed E-state index contributed by atoms with van der Waals surface area (Å²) in [5, 5.41) is 0. The van der Waals surface area contributed by atoms with Crippen LogP contribution in [0.5, 0.6) is 11.5 Å². The molecule has 2 N–H and O–H groups in total. The van der Waals surface area contributed by atoms with Crippen molar-refractivity contribution in [3.05, 3.63) is 53.3 Å². The Balaban J connectivity index is 1.72. The molecule has 0 aliphatic carbocycles. The Labute approximate surface area is 198 Å². The molecule has 2 amide bonds. The third-order valence-electron chi connectivity index (χ3n) is 5.59. The molecule has 2 aromatic rings. The Kier molecular flexibility index (Phi) is 8.11. The van der Waals surface area contributed by atoms with Gasteiger partial charge < -0.3 is 20.1 Å². The molecule has 34 heavy (non-hydrogen) atoms. The van der Waals surface area contributed by atoms with Gasteiger partial charge in [0.15, 0.2) is 18.2 Å². The molecule has 0 aromatic heterocycles. The lowest BCUT2D eigenvalue weighted by atomic mass is 10.2. The number of primary amides is 1. The number of carbonyl (C=O) groups excluding carboxylic acids is 2. The van der Waals surface area contributed by atoms with Gasteiger partial charge in [0.05, 0.1) is 17.6 Å². The number of hydrogen-bond acceptors (Lipinski definition) is 6. The van der Waals surface area contributed by atoms with Crippen molar-refractivity contribution in [2.24, 2.45) is 5.73 Å². The normalized spacial score (nSPS) is 14.1. The predicted octanol–water partition coefficient (Wildman–Crippen LogP) is 2.15. The van der Waals surface area contributed by atoms with E-state index >= 15 is 0 Å². The lowest BCUT2D eigenvalue weighted by Gasteiger charge is -2.22. The van der Waals surface area contributed by atoms with E-state index in [0.29, 0.717) is 25.2 Å². The minimum atomic E-state index is -3.75. The van der Waals surface area contributed by atoms with Gasteiger partial charge in [-0.3, -0.25) is 9.59 Å². The van der Waals surface area contributed by atoms with E-state index < -0.39 is 34.3 Å². The first-order chi connectivity index (χ1) is 16.2. The van der Waals surface area contributed by atoms with Gasteiger partial charge in [-0.15, -0.1) is 0 Å².